The van der Waals surface area contributed by atoms with Crippen molar-refractivity contribution in [3.8, 4) is 0 Å². The minimum atomic E-state index is -1.31. The van der Waals surface area contributed by atoms with Crippen molar-refractivity contribution in [1.29, 1.82) is 0 Å². The van der Waals surface area contributed by atoms with Gasteiger partial charge in [0.2, 0.25) is 0 Å². The fourth-order valence-electron chi connectivity index (χ4n) is 1.44. The smallest absolute Gasteiger partial charge is 0.353 e. The van der Waals surface area contributed by atoms with E-state index in [-0.39, 0.29) is 11.6 Å². The standard InChI is InChI=1S/C11H11N5O3/c1-7-12-10(17)9(11(18)15(7)2)14-13-8-5-3-4-6-16(8)19/h3-6,9H,1H2,2H3,(H,12,17). The predicted molar refractivity (Wildman–Crippen MR) is 63.8 cm³/mol. The molecule has 1 fully saturated rings. The van der Waals surface area contributed by atoms with E-state index in [9.17, 15) is 14.8 Å². The Morgan fingerprint density at radius 1 is 1.47 bits per heavy atom. The third kappa shape index (κ3) is 2.41. The molecule has 1 aliphatic rings. The van der Waals surface area contributed by atoms with Crippen LogP contribution in [0.5, 0.6) is 0 Å². The van der Waals surface area contributed by atoms with Gasteiger partial charge in [0.1, 0.15) is 5.82 Å². The molecule has 1 N–H and O–H groups in total. The summed E-state index contributed by atoms with van der Waals surface area (Å²) in [5.41, 5.74) is 0. The SMILES string of the molecule is C=C1NC(=O)C(N=Nc2cccc[n+]2[O-])C(=O)N1C. The topological polar surface area (TPSA) is 101 Å². The Labute approximate surface area is 108 Å². The van der Waals surface area contributed by atoms with E-state index in [0.29, 0.717) is 4.73 Å². The molecule has 0 spiro atoms. The maximum atomic E-state index is 11.8. The number of hydrogen-bond donors (Lipinski definition) is 1. The number of aromatic nitrogens is 1. The second-order valence-electron chi connectivity index (χ2n) is 3.84. The van der Waals surface area contributed by atoms with Crippen molar-refractivity contribution in [3.05, 3.63) is 42.0 Å². The first-order valence-corrected chi connectivity index (χ1v) is 5.37. The number of pyridine rings is 1. The van der Waals surface area contributed by atoms with Crippen LogP contribution < -0.4 is 10.0 Å². The van der Waals surface area contributed by atoms with Crippen LogP contribution in [0.1, 0.15) is 0 Å². The predicted octanol–water partition coefficient (Wildman–Crippen LogP) is -0.168. The summed E-state index contributed by atoms with van der Waals surface area (Å²) in [6, 6.07) is 3.24. The molecule has 1 aliphatic heterocycles. The summed E-state index contributed by atoms with van der Waals surface area (Å²) in [7, 11) is 1.46. The molecule has 1 aromatic heterocycles. The highest BCUT2D eigenvalue weighted by Gasteiger charge is 2.37. The van der Waals surface area contributed by atoms with E-state index >= 15 is 0 Å². The first-order valence-electron chi connectivity index (χ1n) is 5.37. The van der Waals surface area contributed by atoms with E-state index in [4.69, 9.17) is 0 Å². The molecular weight excluding hydrogens is 250 g/mol. The van der Waals surface area contributed by atoms with Crippen molar-refractivity contribution in [2.24, 2.45) is 10.2 Å². The van der Waals surface area contributed by atoms with Gasteiger partial charge in [0.15, 0.2) is 0 Å². The van der Waals surface area contributed by atoms with Crippen LogP contribution in [0, 0.1) is 5.21 Å². The van der Waals surface area contributed by atoms with Crippen LogP contribution in [-0.4, -0.2) is 29.8 Å². The summed E-state index contributed by atoms with van der Waals surface area (Å²) in [5, 5.41) is 21.0. The van der Waals surface area contributed by atoms with Gasteiger partial charge in [0.05, 0.1) is 11.3 Å². The number of azo groups is 1. The molecule has 1 unspecified atom stereocenters. The quantitative estimate of drug-likeness (QED) is 0.346. The van der Waals surface area contributed by atoms with Gasteiger partial charge < -0.3 is 10.5 Å². The summed E-state index contributed by atoms with van der Waals surface area (Å²) >= 11 is 0. The highest BCUT2D eigenvalue weighted by Crippen LogP contribution is 2.12. The van der Waals surface area contributed by atoms with Crippen molar-refractivity contribution in [2.45, 2.75) is 6.04 Å². The van der Waals surface area contributed by atoms with E-state index in [1.165, 1.54) is 30.3 Å². The summed E-state index contributed by atoms with van der Waals surface area (Å²) in [5.74, 6) is -0.994. The van der Waals surface area contributed by atoms with Crippen molar-refractivity contribution in [2.75, 3.05) is 7.05 Å². The Morgan fingerprint density at radius 3 is 2.89 bits per heavy atom. The second kappa shape index (κ2) is 4.84. The van der Waals surface area contributed by atoms with Crippen molar-refractivity contribution in [3.63, 3.8) is 0 Å². The molecule has 0 saturated carbocycles. The lowest BCUT2D eigenvalue weighted by Crippen LogP contribution is -2.53. The van der Waals surface area contributed by atoms with Crippen LogP contribution in [0.2, 0.25) is 0 Å². The third-order valence-corrected chi connectivity index (χ3v) is 2.56. The highest BCUT2D eigenvalue weighted by atomic mass is 16.5. The minimum absolute atomic E-state index is 0.00449. The Kier molecular flexibility index (Phi) is 3.23. The lowest BCUT2D eigenvalue weighted by molar-refractivity contribution is -0.591. The Balaban J connectivity index is 2.23. The van der Waals surface area contributed by atoms with Crippen LogP contribution in [0.4, 0.5) is 5.82 Å². The fourth-order valence-corrected chi connectivity index (χ4v) is 1.44. The highest BCUT2D eigenvalue weighted by molar-refractivity contribution is 6.07. The van der Waals surface area contributed by atoms with Gasteiger partial charge in [0, 0.05) is 13.1 Å². The zero-order valence-corrected chi connectivity index (χ0v) is 10.1. The number of rotatable bonds is 2. The molecule has 0 bridgehead atoms. The Bertz CT molecular complexity index is 583. The molecule has 2 heterocycles. The molecule has 1 aromatic rings. The van der Waals surface area contributed by atoms with Gasteiger partial charge in [-0.3, -0.25) is 14.5 Å². The molecule has 1 saturated heterocycles. The Morgan fingerprint density at radius 2 is 2.21 bits per heavy atom. The van der Waals surface area contributed by atoms with Gasteiger partial charge in [-0.2, -0.15) is 0 Å². The Hall–Kier alpha value is -2.77. The molecular formula is C11H11N5O3. The van der Waals surface area contributed by atoms with E-state index in [2.05, 4.69) is 22.1 Å². The largest absolute Gasteiger partial charge is 0.710 e. The van der Waals surface area contributed by atoms with Crippen molar-refractivity contribution in [1.82, 2.24) is 10.2 Å². The van der Waals surface area contributed by atoms with Crippen LogP contribution >= 0.6 is 0 Å². The van der Waals surface area contributed by atoms with Crippen LogP contribution in [-0.2, 0) is 9.59 Å². The number of carbonyl (C=O) groups is 2. The lowest BCUT2D eigenvalue weighted by atomic mass is 10.2. The zero-order chi connectivity index (χ0) is 14.0. The molecule has 0 radical (unpaired) electrons. The van der Waals surface area contributed by atoms with Crippen LogP contribution in [0.15, 0.2) is 47.0 Å². The first kappa shape index (κ1) is 12.7. The average molecular weight is 261 g/mol. The lowest BCUT2D eigenvalue weighted by Gasteiger charge is -2.27. The molecule has 0 aromatic carbocycles. The molecule has 2 rings (SSSR count). The van der Waals surface area contributed by atoms with E-state index < -0.39 is 17.9 Å². The summed E-state index contributed by atoms with van der Waals surface area (Å²) < 4.78 is 0.483. The van der Waals surface area contributed by atoms with Gasteiger partial charge in [-0.1, -0.05) is 17.8 Å². The third-order valence-electron chi connectivity index (χ3n) is 2.56. The molecule has 8 heteroatoms. The molecule has 0 aliphatic carbocycles. The fraction of sp³-hybridized carbons (Fsp3) is 0.182. The van der Waals surface area contributed by atoms with Gasteiger partial charge in [-0.25, -0.2) is 4.73 Å². The van der Waals surface area contributed by atoms with Gasteiger partial charge in [-0.15, -0.1) is 0 Å². The van der Waals surface area contributed by atoms with Gasteiger partial charge >= 0.3 is 5.82 Å². The zero-order valence-electron chi connectivity index (χ0n) is 10.1. The second-order valence-corrected chi connectivity index (χ2v) is 3.84. The van der Waals surface area contributed by atoms with E-state index in [1.54, 1.807) is 6.07 Å². The summed E-state index contributed by atoms with van der Waals surface area (Å²) in [6.45, 7) is 3.51. The van der Waals surface area contributed by atoms with Gasteiger partial charge in [-0.05, 0) is 6.07 Å². The van der Waals surface area contributed by atoms with Crippen LogP contribution in [0.25, 0.3) is 0 Å². The monoisotopic (exact) mass is 261 g/mol. The molecule has 2 amide bonds. The number of nitrogens with zero attached hydrogens (tertiary/aromatic N) is 4. The number of likely N-dealkylation sites (N-methyl/N-ethyl adjacent to an activating group) is 1. The average Bonchev–Trinajstić information content (AvgIpc) is 2.38. The number of amides is 2. The maximum absolute atomic E-state index is 11.8. The normalized spacial score (nSPS) is 19.9. The van der Waals surface area contributed by atoms with Crippen LogP contribution in [0.3, 0.4) is 0 Å². The maximum Gasteiger partial charge on any atom is 0.353 e. The first-order chi connectivity index (χ1) is 9.00. The van der Waals surface area contributed by atoms with E-state index in [0.717, 1.165) is 0 Å². The van der Waals surface area contributed by atoms with Crippen molar-refractivity contribution >= 4 is 17.6 Å². The van der Waals surface area contributed by atoms with Gasteiger partial charge in [0.25, 0.3) is 17.9 Å². The minimum Gasteiger partial charge on any atom is -0.710 e. The number of hydrogen-bond acceptors (Lipinski definition) is 5. The number of nitrogens with one attached hydrogen (secondary N) is 1. The van der Waals surface area contributed by atoms with Crippen molar-refractivity contribution < 1.29 is 14.3 Å². The molecule has 98 valence electrons. The number of carbonyl (C=O) groups excluding carboxylic acids is 2. The summed E-state index contributed by atoms with van der Waals surface area (Å²) in [4.78, 5) is 24.6. The molecule has 1 atom stereocenters. The molecule has 8 nitrogen and oxygen atoms in total. The molecule has 19 heavy (non-hydrogen) atoms. The van der Waals surface area contributed by atoms with E-state index in [1.807, 2.05) is 0 Å². The summed E-state index contributed by atoms with van der Waals surface area (Å²) in [6.07, 6.45) is 1.24.